The molecule has 1 aromatic carbocycles. The Bertz CT molecular complexity index is 447. The SMILES string of the molecule is CCNCc1cccc(NC(=O)C[C@@H]2CCC[C@H]2N)c1. The second kappa shape index (κ2) is 7.41. The molecule has 2 atom stereocenters. The highest BCUT2D eigenvalue weighted by molar-refractivity contribution is 5.91. The van der Waals surface area contributed by atoms with Gasteiger partial charge in [-0.2, -0.15) is 0 Å². The summed E-state index contributed by atoms with van der Waals surface area (Å²) in [5, 5.41) is 6.26. The van der Waals surface area contributed by atoms with Crippen molar-refractivity contribution in [3.05, 3.63) is 29.8 Å². The highest BCUT2D eigenvalue weighted by Crippen LogP contribution is 2.27. The number of hydrogen-bond acceptors (Lipinski definition) is 3. The van der Waals surface area contributed by atoms with Gasteiger partial charge in [-0.3, -0.25) is 4.79 Å². The fourth-order valence-corrected chi connectivity index (χ4v) is 2.80. The Morgan fingerprint density at radius 1 is 1.40 bits per heavy atom. The van der Waals surface area contributed by atoms with Gasteiger partial charge in [-0.15, -0.1) is 0 Å². The smallest absolute Gasteiger partial charge is 0.224 e. The van der Waals surface area contributed by atoms with Crippen LogP contribution in [0.25, 0.3) is 0 Å². The van der Waals surface area contributed by atoms with Gasteiger partial charge in [-0.25, -0.2) is 0 Å². The van der Waals surface area contributed by atoms with Gasteiger partial charge in [0.25, 0.3) is 0 Å². The van der Waals surface area contributed by atoms with E-state index >= 15 is 0 Å². The standard InChI is InChI=1S/C16H25N3O/c1-2-18-11-12-5-3-7-14(9-12)19-16(20)10-13-6-4-8-15(13)17/h3,5,7,9,13,15,18H,2,4,6,8,10-11,17H2,1H3,(H,19,20)/t13-,15+/m0/s1. The maximum absolute atomic E-state index is 12.1. The third kappa shape index (κ3) is 4.32. The van der Waals surface area contributed by atoms with Crippen LogP contribution in [0.5, 0.6) is 0 Å². The lowest BCUT2D eigenvalue weighted by molar-refractivity contribution is -0.117. The van der Waals surface area contributed by atoms with Crippen molar-refractivity contribution in [2.75, 3.05) is 11.9 Å². The Balaban J connectivity index is 1.87. The van der Waals surface area contributed by atoms with Crippen molar-refractivity contribution in [1.82, 2.24) is 5.32 Å². The third-order valence-electron chi connectivity index (χ3n) is 3.96. The Hall–Kier alpha value is -1.39. The van der Waals surface area contributed by atoms with Crippen LogP contribution in [0.1, 0.15) is 38.2 Å². The van der Waals surface area contributed by atoms with Gasteiger partial charge in [0, 0.05) is 24.7 Å². The topological polar surface area (TPSA) is 67.1 Å². The molecule has 0 aliphatic heterocycles. The fraction of sp³-hybridized carbons (Fsp3) is 0.562. The lowest BCUT2D eigenvalue weighted by Gasteiger charge is -2.15. The van der Waals surface area contributed by atoms with E-state index in [0.29, 0.717) is 12.3 Å². The predicted molar refractivity (Wildman–Crippen MR) is 82.4 cm³/mol. The van der Waals surface area contributed by atoms with Gasteiger partial charge in [-0.05, 0) is 43.0 Å². The van der Waals surface area contributed by atoms with Gasteiger partial charge in [0.1, 0.15) is 0 Å². The second-order valence-electron chi connectivity index (χ2n) is 5.59. The largest absolute Gasteiger partial charge is 0.327 e. The average molecular weight is 275 g/mol. The number of nitrogens with one attached hydrogen (secondary N) is 2. The molecule has 0 heterocycles. The Labute approximate surface area is 121 Å². The van der Waals surface area contributed by atoms with Crippen molar-refractivity contribution in [2.45, 2.75) is 45.2 Å². The summed E-state index contributed by atoms with van der Waals surface area (Å²) in [7, 11) is 0. The second-order valence-corrected chi connectivity index (χ2v) is 5.59. The highest BCUT2D eigenvalue weighted by Gasteiger charge is 2.25. The zero-order valence-electron chi connectivity index (χ0n) is 12.2. The van der Waals surface area contributed by atoms with Crippen LogP contribution in [0.2, 0.25) is 0 Å². The zero-order chi connectivity index (χ0) is 14.4. The molecule has 2 rings (SSSR count). The van der Waals surface area contributed by atoms with Crippen LogP contribution in [0, 0.1) is 5.92 Å². The molecule has 1 fully saturated rings. The molecule has 4 N–H and O–H groups in total. The number of anilines is 1. The number of hydrogen-bond donors (Lipinski definition) is 3. The van der Waals surface area contributed by atoms with E-state index in [0.717, 1.165) is 38.0 Å². The van der Waals surface area contributed by atoms with Gasteiger partial charge in [0.15, 0.2) is 0 Å². The van der Waals surface area contributed by atoms with Gasteiger partial charge in [0.05, 0.1) is 0 Å². The quantitative estimate of drug-likeness (QED) is 0.746. The summed E-state index contributed by atoms with van der Waals surface area (Å²) in [6, 6.07) is 8.19. The Morgan fingerprint density at radius 2 is 2.25 bits per heavy atom. The molecule has 0 unspecified atom stereocenters. The van der Waals surface area contributed by atoms with Crippen LogP contribution in [-0.2, 0) is 11.3 Å². The van der Waals surface area contributed by atoms with E-state index in [2.05, 4.69) is 23.6 Å². The van der Waals surface area contributed by atoms with Crippen molar-refractivity contribution in [1.29, 1.82) is 0 Å². The third-order valence-corrected chi connectivity index (χ3v) is 3.96. The predicted octanol–water partition coefficient (Wildman–Crippen LogP) is 2.25. The van der Waals surface area contributed by atoms with Gasteiger partial charge in [-0.1, -0.05) is 25.5 Å². The summed E-state index contributed by atoms with van der Waals surface area (Å²) < 4.78 is 0. The maximum atomic E-state index is 12.1. The van der Waals surface area contributed by atoms with Crippen molar-refractivity contribution in [3.8, 4) is 0 Å². The average Bonchev–Trinajstić information content (AvgIpc) is 2.82. The fourth-order valence-electron chi connectivity index (χ4n) is 2.80. The van der Waals surface area contributed by atoms with Gasteiger partial charge >= 0.3 is 0 Å². The highest BCUT2D eigenvalue weighted by atomic mass is 16.1. The first kappa shape index (κ1) is 15.0. The van der Waals surface area contributed by atoms with E-state index in [-0.39, 0.29) is 11.9 Å². The first-order valence-corrected chi connectivity index (χ1v) is 7.54. The number of rotatable bonds is 6. The molecule has 0 bridgehead atoms. The molecule has 4 heteroatoms. The summed E-state index contributed by atoms with van der Waals surface area (Å²) in [5.74, 6) is 0.424. The van der Waals surface area contributed by atoms with E-state index in [4.69, 9.17) is 5.73 Å². The van der Waals surface area contributed by atoms with Gasteiger partial charge < -0.3 is 16.4 Å². The number of amides is 1. The summed E-state index contributed by atoms with van der Waals surface area (Å²) in [5.41, 5.74) is 8.07. The molecular weight excluding hydrogens is 250 g/mol. The summed E-state index contributed by atoms with van der Waals surface area (Å²) in [4.78, 5) is 12.1. The molecule has 0 radical (unpaired) electrons. The molecule has 0 spiro atoms. The molecule has 1 aliphatic carbocycles. The first-order chi connectivity index (χ1) is 9.69. The molecule has 20 heavy (non-hydrogen) atoms. The number of carbonyl (C=O) groups excluding carboxylic acids is 1. The van der Waals surface area contributed by atoms with Crippen LogP contribution < -0.4 is 16.4 Å². The van der Waals surface area contributed by atoms with Crippen LogP contribution in [-0.4, -0.2) is 18.5 Å². The molecule has 110 valence electrons. The van der Waals surface area contributed by atoms with E-state index in [9.17, 15) is 4.79 Å². The molecular formula is C16H25N3O. The minimum atomic E-state index is 0.0768. The first-order valence-electron chi connectivity index (χ1n) is 7.54. The zero-order valence-corrected chi connectivity index (χ0v) is 12.2. The summed E-state index contributed by atoms with van der Waals surface area (Å²) in [6.45, 7) is 3.85. The molecule has 1 aromatic rings. The molecule has 0 saturated heterocycles. The van der Waals surface area contributed by atoms with E-state index < -0.39 is 0 Å². The molecule has 0 aromatic heterocycles. The van der Waals surface area contributed by atoms with Gasteiger partial charge in [0.2, 0.25) is 5.91 Å². The summed E-state index contributed by atoms with van der Waals surface area (Å²) >= 11 is 0. The maximum Gasteiger partial charge on any atom is 0.224 e. The normalized spacial score (nSPS) is 21.9. The molecule has 1 amide bonds. The number of benzene rings is 1. The monoisotopic (exact) mass is 275 g/mol. The van der Waals surface area contributed by atoms with Crippen LogP contribution in [0.15, 0.2) is 24.3 Å². The lowest BCUT2D eigenvalue weighted by atomic mass is 10.00. The van der Waals surface area contributed by atoms with E-state index in [1.165, 1.54) is 5.56 Å². The minimum Gasteiger partial charge on any atom is -0.327 e. The number of nitrogens with two attached hydrogens (primary N) is 1. The Kier molecular flexibility index (Phi) is 5.56. The van der Waals surface area contributed by atoms with E-state index in [1.807, 2.05) is 18.2 Å². The molecule has 4 nitrogen and oxygen atoms in total. The van der Waals surface area contributed by atoms with Crippen molar-refractivity contribution in [3.63, 3.8) is 0 Å². The molecule has 1 aliphatic rings. The van der Waals surface area contributed by atoms with E-state index in [1.54, 1.807) is 0 Å². The Morgan fingerprint density at radius 3 is 2.95 bits per heavy atom. The van der Waals surface area contributed by atoms with Crippen LogP contribution >= 0.6 is 0 Å². The van der Waals surface area contributed by atoms with Crippen molar-refractivity contribution >= 4 is 11.6 Å². The molecule has 1 saturated carbocycles. The van der Waals surface area contributed by atoms with Crippen molar-refractivity contribution < 1.29 is 4.79 Å². The lowest BCUT2D eigenvalue weighted by Crippen LogP contribution is -2.28. The van der Waals surface area contributed by atoms with Crippen LogP contribution in [0.3, 0.4) is 0 Å². The van der Waals surface area contributed by atoms with Crippen LogP contribution in [0.4, 0.5) is 5.69 Å². The number of carbonyl (C=O) groups is 1. The van der Waals surface area contributed by atoms with Crippen molar-refractivity contribution in [2.24, 2.45) is 11.7 Å². The summed E-state index contributed by atoms with van der Waals surface area (Å²) in [6.07, 6.45) is 3.82. The minimum absolute atomic E-state index is 0.0768.